The average Bonchev–Trinajstić information content (AvgIpc) is 3.18. The van der Waals surface area contributed by atoms with E-state index < -0.39 is 59.8 Å². The van der Waals surface area contributed by atoms with Crippen molar-refractivity contribution in [1.29, 1.82) is 0 Å². The van der Waals surface area contributed by atoms with Gasteiger partial charge in [0.15, 0.2) is 0 Å². The molecule has 0 aliphatic carbocycles. The summed E-state index contributed by atoms with van der Waals surface area (Å²) in [6.07, 6.45) is 25.2. The van der Waals surface area contributed by atoms with Crippen molar-refractivity contribution in [3.63, 3.8) is 0 Å². The summed E-state index contributed by atoms with van der Waals surface area (Å²) in [4.78, 5) is 61.5. The fourth-order valence-corrected chi connectivity index (χ4v) is 11.5. The fourth-order valence-electron chi connectivity index (χ4n) is 11.5. The molecule has 0 aromatic heterocycles. The van der Waals surface area contributed by atoms with Crippen LogP contribution >= 0.6 is 0 Å². The van der Waals surface area contributed by atoms with E-state index in [2.05, 4.69) is 93.1 Å². The van der Waals surface area contributed by atoms with Crippen LogP contribution in [-0.2, 0) is 28.7 Å². The second-order valence-corrected chi connectivity index (χ2v) is 23.0. The van der Waals surface area contributed by atoms with Crippen molar-refractivity contribution >= 4 is 23.9 Å². The topological polar surface area (TPSA) is 134 Å². The third-order valence-electron chi connectivity index (χ3n) is 15.9. The summed E-state index contributed by atoms with van der Waals surface area (Å²) >= 11 is 0. The van der Waals surface area contributed by atoms with Gasteiger partial charge in [-0.1, -0.05) is 155 Å². The van der Waals surface area contributed by atoms with E-state index >= 15 is 9.59 Å². The molecule has 0 aromatic carbocycles. The second-order valence-electron chi connectivity index (χ2n) is 23.0. The van der Waals surface area contributed by atoms with Gasteiger partial charge in [-0.15, -0.1) is 0 Å². The van der Waals surface area contributed by atoms with Crippen molar-refractivity contribution in [3.8, 4) is 0 Å². The molecule has 2 saturated heterocycles. The first-order valence-electron chi connectivity index (χ1n) is 26.3. The van der Waals surface area contributed by atoms with Crippen LogP contribution in [0.15, 0.2) is 0 Å². The molecule has 2 N–H and O–H groups in total. The number of carboxylic acids is 2. The highest BCUT2D eigenvalue weighted by Gasteiger charge is 2.58. The number of carbonyl (C=O) groups is 4. The van der Waals surface area contributed by atoms with Gasteiger partial charge in [0.1, 0.15) is 12.2 Å². The maximum Gasteiger partial charge on any atom is 0.313 e. The molecule has 0 amide bonds. The lowest BCUT2D eigenvalue weighted by molar-refractivity contribution is -0.192. The van der Waals surface area contributed by atoms with E-state index in [1.165, 1.54) is 77.0 Å². The van der Waals surface area contributed by atoms with Crippen LogP contribution in [0.2, 0.25) is 0 Å². The number of rotatable bonds is 33. The van der Waals surface area contributed by atoms with Gasteiger partial charge in [-0.25, -0.2) is 0 Å². The van der Waals surface area contributed by atoms with Crippen LogP contribution in [-0.4, -0.2) is 92.3 Å². The van der Waals surface area contributed by atoms with E-state index in [9.17, 15) is 19.8 Å². The molecule has 0 aromatic rings. The molecule has 0 spiro atoms. The lowest BCUT2D eigenvalue weighted by atomic mass is 9.63. The first-order chi connectivity index (χ1) is 30.0. The number of carboxylic acid groups (broad SMARTS) is 2. The fraction of sp³-hybridized carbons (Fsp3) is 0.926. The predicted octanol–water partition coefficient (Wildman–Crippen LogP) is 13.6. The summed E-state index contributed by atoms with van der Waals surface area (Å²) in [5.41, 5.74) is -2.82. The summed E-state index contributed by atoms with van der Waals surface area (Å²) in [6.45, 7) is 21.5. The number of likely N-dealkylation sites (tertiary alicyclic amines) is 2. The summed E-state index contributed by atoms with van der Waals surface area (Å²) in [5.74, 6) is -7.26. The van der Waals surface area contributed by atoms with Crippen LogP contribution in [0.1, 0.15) is 255 Å². The summed E-state index contributed by atoms with van der Waals surface area (Å²) in [7, 11) is 4.17. The molecule has 374 valence electrons. The highest BCUT2D eigenvalue weighted by atomic mass is 16.6. The Kier molecular flexibility index (Phi) is 25.0. The molecule has 2 fully saturated rings. The molecule has 2 atom stereocenters. The zero-order valence-corrected chi connectivity index (χ0v) is 43.6. The Morgan fingerprint density at radius 1 is 0.516 bits per heavy atom. The SMILES string of the molecule is CCCCCCCCCCCCCC(CCCCCCCCCCCCC)(C(=O)OC1CC(C)(C)N(C)C(C)(C)C1)C(C(=O)OC1CC(C)(C)N(C)C(C)(C)C1)C(CC(=O)O)C(=O)O. The quantitative estimate of drug-likeness (QED) is 0.0484. The minimum atomic E-state index is -1.67. The second kappa shape index (κ2) is 27.6. The summed E-state index contributed by atoms with van der Waals surface area (Å²) in [6, 6.07) is 0. The van der Waals surface area contributed by atoms with E-state index in [1.54, 1.807) is 0 Å². The van der Waals surface area contributed by atoms with Gasteiger partial charge in [0.05, 0.1) is 23.7 Å². The molecule has 0 bridgehead atoms. The van der Waals surface area contributed by atoms with Crippen LogP contribution in [0.4, 0.5) is 0 Å². The van der Waals surface area contributed by atoms with Gasteiger partial charge in [0, 0.05) is 47.8 Å². The van der Waals surface area contributed by atoms with Gasteiger partial charge in [-0.2, -0.15) is 0 Å². The maximum atomic E-state index is 15.6. The van der Waals surface area contributed by atoms with Crippen molar-refractivity contribution in [2.24, 2.45) is 17.3 Å². The van der Waals surface area contributed by atoms with Gasteiger partial charge < -0.3 is 19.7 Å². The number of piperidine rings is 2. The van der Waals surface area contributed by atoms with Gasteiger partial charge in [0.25, 0.3) is 0 Å². The van der Waals surface area contributed by atoms with Crippen LogP contribution in [0.3, 0.4) is 0 Å². The lowest BCUT2D eigenvalue weighted by Crippen LogP contribution is -2.61. The molecule has 10 nitrogen and oxygen atoms in total. The zero-order valence-electron chi connectivity index (χ0n) is 43.6. The third-order valence-corrected chi connectivity index (χ3v) is 15.9. The summed E-state index contributed by atoms with van der Waals surface area (Å²) < 4.78 is 13.2. The number of aliphatic carboxylic acids is 2. The molecule has 2 rings (SSSR count). The average molecular weight is 905 g/mol. The number of hydrogen-bond donors (Lipinski definition) is 2. The highest BCUT2D eigenvalue weighted by molar-refractivity contribution is 5.91. The minimum absolute atomic E-state index is 0.244. The third kappa shape index (κ3) is 18.5. The van der Waals surface area contributed by atoms with Gasteiger partial charge in [-0.3, -0.25) is 29.0 Å². The highest BCUT2D eigenvalue weighted by Crippen LogP contribution is 2.49. The largest absolute Gasteiger partial charge is 0.481 e. The number of esters is 2. The number of nitrogens with zero attached hydrogens (tertiary/aromatic N) is 2. The van der Waals surface area contributed by atoms with E-state index in [1.807, 2.05) is 0 Å². The first-order valence-corrected chi connectivity index (χ1v) is 26.3. The van der Waals surface area contributed by atoms with Crippen molar-refractivity contribution in [3.05, 3.63) is 0 Å². The predicted molar refractivity (Wildman–Crippen MR) is 262 cm³/mol. The molecule has 2 unspecified atom stereocenters. The first kappa shape index (κ1) is 57.9. The van der Waals surface area contributed by atoms with E-state index in [-0.39, 0.29) is 35.0 Å². The molecule has 2 aliphatic rings. The molecule has 0 radical (unpaired) electrons. The Hall–Kier alpha value is -2.20. The monoisotopic (exact) mass is 905 g/mol. The van der Waals surface area contributed by atoms with Gasteiger partial charge in [0.2, 0.25) is 0 Å². The van der Waals surface area contributed by atoms with Crippen LogP contribution in [0, 0.1) is 17.3 Å². The molecule has 64 heavy (non-hydrogen) atoms. The smallest absolute Gasteiger partial charge is 0.313 e. The molecule has 2 heterocycles. The normalized spacial score (nSPS) is 20.1. The number of ether oxygens (including phenoxy) is 2. The Morgan fingerprint density at radius 3 is 1.11 bits per heavy atom. The standard InChI is InChI=1S/C54H100N2O8/c1-13-15-17-19-21-23-25-27-29-31-33-35-54(36-34-32-30-28-26-24-22-20-18-16-14-2,49(62)64-43-40-52(7,8)56(12)53(9,10)41-43)46(44(47(59)60)37-45(57)58)48(61)63-42-38-50(3,4)55(11)51(5,6)39-42/h42-44,46H,13-41H2,1-12H3,(H,57,58)(H,59,60). The van der Waals surface area contributed by atoms with Crippen LogP contribution < -0.4 is 0 Å². The Balaban J connectivity index is 2.62. The van der Waals surface area contributed by atoms with Gasteiger partial charge >= 0.3 is 23.9 Å². The number of carbonyl (C=O) groups excluding carboxylic acids is 2. The Labute approximate surface area is 392 Å². The van der Waals surface area contributed by atoms with E-state index in [0.29, 0.717) is 38.5 Å². The van der Waals surface area contributed by atoms with Crippen molar-refractivity contribution in [1.82, 2.24) is 9.80 Å². The lowest BCUT2D eigenvalue weighted by Gasteiger charge is -2.54. The molecule has 2 aliphatic heterocycles. The van der Waals surface area contributed by atoms with Crippen LogP contribution in [0.25, 0.3) is 0 Å². The van der Waals surface area contributed by atoms with Crippen molar-refractivity contribution in [2.45, 2.75) is 290 Å². The van der Waals surface area contributed by atoms with E-state index in [0.717, 1.165) is 51.4 Å². The zero-order chi connectivity index (χ0) is 48.2. The molecular weight excluding hydrogens is 805 g/mol. The van der Waals surface area contributed by atoms with Gasteiger partial charge in [-0.05, 0) is 82.3 Å². The maximum absolute atomic E-state index is 15.6. The minimum Gasteiger partial charge on any atom is -0.481 e. The summed E-state index contributed by atoms with van der Waals surface area (Å²) in [5, 5.41) is 21.2. The van der Waals surface area contributed by atoms with Crippen LogP contribution in [0.5, 0.6) is 0 Å². The molecule has 10 heteroatoms. The van der Waals surface area contributed by atoms with E-state index in [4.69, 9.17) is 9.47 Å². The number of hydrogen-bond acceptors (Lipinski definition) is 8. The molecule has 0 saturated carbocycles. The van der Waals surface area contributed by atoms with Crippen molar-refractivity contribution in [2.75, 3.05) is 14.1 Å². The molecular formula is C54H100N2O8. The Morgan fingerprint density at radius 2 is 0.812 bits per heavy atom. The Bertz CT molecular complexity index is 1330. The van der Waals surface area contributed by atoms with Crippen molar-refractivity contribution < 1.29 is 38.9 Å². The number of unbranched alkanes of at least 4 members (excludes halogenated alkanes) is 20.